The quantitative estimate of drug-likeness (QED) is 0.868. The van der Waals surface area contributed by atoms with Crippen molar-refractivity contribution < 1.29 is 18.3 Å². The molecular weight excluding hydrogens is 324 g/mol. The summed E-state index contributed by atoms with van der Waals surface area (Å²) in [5, 5.41) is 12.7. The van der Waals surface area contributed by atoms with Crippen LogP contribution in [-0.2, 0) is 23.0 Å². The molecule has 1 aromatic rings. The molecule has 0 spiro atoms. The Balaban J connectivity index is 2.06. The second-order valence-electron chi connectivity index (χ2n) is 6.01. The summed E-state index contributed by atoms with van der Waals surface area (Å²) in [6.45, 7) is 4.22. The van der Waals surface area contributed by atoms with Gasteiger partial charge in [-0.3, -0.25) is 0 Å². The zero-order valence-corrected chi connectivity index (χ0v) is 14.1. The number of aromatic carboxylic acids is 1. The first-order chi connectivity index (χ1) is 10.4. The van der Waals surface area contributed by atoms with Crippen molar-refractivity contribution in [1.82, 2.24) is 9.62 Å². The van der Waals surface area contributed by atoms with Crippen LogP contribution in [0.25, 0.3) is 0 Å². The van der Waals surface area contributed by atoms with Crippen molar-refractivity contribution in [3.05, 3.63) is 16.0 Å². The van der Waals surface area contributed by atoms with Gasteiger partial charge in [-0.25, -0.2) is 13.2 Å². The second kappa shape index (κ2) is 5.92. The molecule has 2 aliphatic heterocycles. The van der Waals surface area contributed by atoms with Gasteiger partial charge in [0, 0.05) is 24.5 Å². The molecule has 0 amide bonds. The molecule has 22 heavy (non-hydrogen) atoms. The Morgan fingerprint density at radius 1 is 1.45 bits per heavy atom. The zero-order valence-electron chi connectivity index (χ0n) is 12.5. The van der Waals surface area contributed by atoms with Gasteiger partial charge in [-0.1, -0.05) is 6.92 Å². The molecule has 1 aromatic heterocycles. The number of sulfonamides is 1. The van der Waals surface area contributed by atoms with Crippen molar-refractivity contribution in [1.29, 1.82) is 0 Å². The molecular formula is C14H20N2O4S2. The molecule has 122 valence electrons. The first kappa shape index (κ1) is 15.9. The van der Waals surface area contributed by atoms with E-state index in [1.165, 1.54) is 4.31 Å². The molecule has 3 heterocycles. The van der Waals surface area contributed by atoms with E-state index in [1.807, 2.05) is 6.92 Å². The summed E-state index contributed by atoms with van der Waals surface area (Å²) in [4.78, 5) is 12.5. The van der Waals surface area contributed by atoms with Crippen LogP contribution in [0.4, 0.5) is 0 Å². The van der Waals surface area contributed by atoms with Crippen LogP contribution in [0.1, 0.15) is 40.6 Å². The number of hydrogen-bond acceptors (Lipinski definition) is 5. The van der Waals surface area contributed by atoms with Gasteiger partial charge in [0.15, 0.2) is 0 Å². The van der Waals surface area contributed by atoms with Crippen LogP contribution in [0.3, 0.4) is 0 Å². The van der Waals surface area contributed by atoms with E-state index in [0.717, 1.165) is 29.1 Å². The normalized spacial score (nSPS) is 23.2. The third-order valence-electron chi connectivity index (χ3n) is 4.30. The Morgan fingerprint density at radius 2 is 2.23 bits per heavy atom. The van der Waals surface area contributed by atoms with Gasteiger partial charge in [-0.15, -0.1) is 11.3 Å². The fraction of sp³-hybridized carbons (Fsp3) is 0.643. The number of carbonyl (C=O) groups is 1. The van der Waals surface area contributed by atoms with Crippen molar-refractivity contribution in [3.8, 4) is 0 Å². The maximum absolute atomic E-state index is 12.9. The fourth-order valence-corrected chi connectivity index (χ4v) is 6.79. The van der Waals surface area contributed by atoms with E-state index >= 15 is 0 Å². The molecule has 0 radical (unpaired) electrons. The summed E-state index contributed by atoms with van der Waals surface area (Å²) < 4.78 is 27.3. The Kier molecular flexibility index (Phi) is 4.28. The van der Waals surface area contributed by atoms with Crippen LogP contribution in [0.2, 0.25) is 0 Å². The van der Waals surface area contributed by atoms with Crippen LogP contribution in [0.5, 0.6) is 0 Å². The predicted octanol–water partition coefficient (Wildman–Crippen LogP) is 1.51. The minimum absolute atomic E-state index is 0.000253. The minimum atomic E-state index is -3.72. The van der Waals surface area contributed by atoms with E-state index in [1.54, 1.807) is 0 Å². The Bertz CT molecular complexity index is 696. The highest BCUT2D eigenvalue weighted by Crippen LogP contribution is 2.37. The Hall–Kier alpha value is -0.960. The monoisotopic (exact) mass is 344 g/mol. The van der Waals surface area contributed by atoms with Gasteiger partial charge in [0.2, 0.25) is 0 Å². The summed E-state index contributed by atoms with van der Waals surface area (Å²) in [7, 11) is -3.72. The molecule has 1 saturated heterocycles. The van der Waals surface area contributed by atoms with E-state index in [9.17, 15) is 18.3 Å². The van der Waals surface area contributed by atoms with Crippen LogP contribution < -0.4 is 5.32 Å². The lowest BCUT2D eigenvalue weighted by Gasteiger charge is -2.29. The number of rotatable bonds is 3. The van der Waals surface area contributed by atoms with Gasteiger partial charge in [0.05, 0.1) is 5.56 Å². The molecule has 0 aliphatic carbocycles. The van der Waals surface area contributed by atoms with E-state index in [2.05, 4.69) is 5.32 Å². The number of carboxylic acids is 1. The SMILES string of the molecule is C[C@@H]1CCCN(S(=O)(=O)c2sc3c(c2C(=O)O)CCNC3)C1. The van der Waals surface area contributed by atoms with Crippen LogP contribution in [0, 0.1) is 5.92 Å². The first-order valence-corrected chi connectivity index (χ1v) is 9.75. The van der Waals surface area contributed by atoms with Crippen molar-refractivity contribution >= 4 is 27.3 Å². The highest BCUT2D eigenvalue weighted by molar-refractivity contribution is 7.91. The number of nitrogens with one attached hydrogen (secondary N) is 1. The van der Waals surface area contributed by atoms with Gasteiger partial charge >= 0.3 is 5.97 Å². The molecule has 0 unspecified atom stereocenters. The molecule has 3 rings (SSSR count). The third kappa shape index (κ3) is 2.68. The maximum Gasteiger partial charge on any atom is 0.338 e. The number of carboxylic acid groups (broad SMARTS) is 1. The summed E-state index contributed by atoms with van der Waals surface area (Å²) in [5.41, 5.74) is 0.694. The molecule has 2 N–H and O–H groups in total. The van der Waals surface area contributed by atoms with Crippen LogP contribution >= 0.6 is 11.3 Å². The zero-order chi connectivity index (χ0) is 15.9. The van der Waals surface area contributed by atoms with E-state index in [-0.39, 0.29) is 9.77 Å². The van der Waals surface area contributed by atoms with E-state index in [0.29, 0.717) is 44.1 Å². The van der Waals surface area contributed by atoms with E-state index in [4.69, 9.17) is 0 Å². The van der Waals surface area contributed by atoms with Crippen LogP contribution in [0.15, 0.2) is 4.21 Å². The number of thiophene rings is 1. The largest absolute Gasteiger partial charge is 0.478 e. The third-order valence-corrected chi connectivity index (χ3v) is 7.90. The lowest BCUT2D eigenvalue weighted by molar-refractivity contribution is 0.0692. The van der Waals surface area contributed by atoms with Crippen molar-refractivity contribution in [2.75, 3.05) is 19.6 Å². The molecule has 0 aromatic carbocycles. The van der Waals surface area contributed by atoms with E-state index < -0.39 is 16.0 Å². The Labute approximate surface area is 134 Å². The molecule has 1 fully saturated rings. The van der Waals surface area contributed by atoms with Crippen molar-refractivity contribution in [2.45, 2.75) is 36.9 Å². The van der Waals surface area contributed by atoms with Crippen molar-refractivity contribution in [3.63, 3.8) is 0 Å². The van der Waals surface area contributed by atoms with Gasteiger partial charge in [-0.05, 0) is 37.3 Å². The van der Waals surface area contributed by atoms with Gasteiger partial charge in [-0.2, -0.15) is 4.31 Å². The highest BCUT2D eigenvalue weighted by atomic mass is 32.2. The van der Waals surface area contributed by atoms with Gasteiger partial charge in [0.25, 0.3) is 10.0 Å². The average molecular weight is 344 g/mol. The predicted molar refractivity (Wildman–Crippen MR) is 83.8 cm³/mol. The molecule has 8 heteroatoms. The maximum atomic E-state index is 12.9. The summed E-state index contributed by atoms with van der Waals surface area (Å²) in [6.07, 6.45) is 2.41. The standard InChI is InChI=1S/C14H20N2O4S2/c1-9-3-2-6-16(8-9)22(19,20)14-12(13(17)18)10-4-5-15-7-11(10)21-14/h9,15H,2-8H2,1H3,(H,17,18)/t9-/m1/s1. The fourth-order valence-electron chi connectivity index (χ4n) is 3.19. The summed E-state index contributed by atoms with van der Waals surface area (Å²) in [5.74, 6) is -0.823. The molecule has 0 saturated carbocycles. The smallest absolute Gasteiger partial charge is 0.338 e. The summed E-state index contributed by atoms with van der Waals surface area (Å²) in [6, 6.07) is 0. The summed E-state index contributed by atoms with van der Waals surface area (Å²) >= 11 is 1.12. The first-order valence-electron chi connectivity index (χ1n) is 7.50. The Morgan fingerprint density at radius 3 is 2.91 bits per heavy atom. The van der Waals surface area contributed by atoms with Crippen LogP contribution in [-0.4, -0.2) is 43.4 Å². The molecule has 0 bridgehead atoms. The topological polar surface area (TPSA) is 86.7 Å². The number of nitrogens with zero attached hydrogens (tertiary/aromatic N) is 1. The van der Waals surface area contributed by atoms with Crippen molar-refractivity contribution in [2.24, 2.45) is 5.92 Å². The lowest BCUT2D eigenvalue weighted by Crippen LogP contribution is -2.39. The minimum Gasteiger partial charge on any atom is -0.478 e. The molecule has 1 atom stereocenters. The number of hydrogen-bond donors (Lipinski definition) is 2. The molecule has 2 aliphatic rings. The average Bonchev–Trinajstić information content (AvgIpc) is 2.87. The number of fused-ring (bicyclic) bond motifs is 1. The van der Waals surface area contributed by atoms with Gasteiger partial charge < -0.3 is 10.4 Å². The van der Waals surface area contributed by atoms with Gasteiger partial charge in [0.1, 0.15) is 4.21 Å². The lowest BCUT2D eigenvalue weighted by atomic mass is 10.0. The second-order valence-corrected chi connectivity index (χ2v) is 9.25. The number of piperidine rings is 1. The highest BCUT2D eigenvalue weighted by Gasteiger charge is 2.36. The molecule has 6 nitrogen and oxygen atoms in total.